The van der Waals surface area contributed by atoms with Crippen molar-refractivity contribution in [2.75, 3.05) is 19.6 Å². The number of nitrogens with zero attached hydrogens (tertiary/aromatic N) is 1. The first-order valence-electron chi connectivity index (χ1n) is 5.28. The number of piperazine rings is 1. The van der Waals surface area contributed by atoms with E-state index < -0.39 is 0 Å². The highest BCUT2D eigenvalue weighted by atomic mass is 16.2. The molecule has 0 aliphatic carbocycles. The van der Waals surface area contributed by atoms with Crippen LogP contribution in [0.15, 0.2) is 24.3 Å². The average Bonchev–Trinajstić information content (AvgIpc) is 2.17. The number of nitrogens with one attached hydrogen (secondary N) is 1. The molecule has 0 saturated carbocycles. The van der Waals surface area contributed by atoms with Gasteiger partial charge in [-0.3, -0.25) is 9.69 Å². The summed E-state index contributed by atoms with van der Waals surface area (Å²) in [7, 11) is 0. The summed E-state index contributed by atoms with van der Waals surface area (Å²) in [5.74, 6) is 0.133. The minimum absolute atomic E-state index is 0.133. The lowest BCUT2D eigenvalue weighted by Crippen LogP contribution is -2.47. The van der Waals surface area contributed by atoms with Gasteiger partial charge in [0.1, 0.15) is 0 Å². The Hall–Kier alpha value is -1.35. The van der Waals surface area contributed by atoms with Gasteiger partial charge >= 0.3 is 0 Å². The Morgan fingerprint density at radius 1 is 1.47 bits per heavy atom. The van der Waals surface area contributed by atoms with Crippen LogP contribution in [0.25, 0.3) is 0 Å². The lowest BCUT2D eigenvalue weighted by molar-refractivity contribution is -0.124. The molecule has 1 aromatic rings. The van der Waals surface area contributed by atoms with E-state index in [1.165, 1.54) is 11.1 Å². The Balaban J connectivity index is 1.99. The quantitative estimate of drug-likeness (QED) is 0.777. The molecule has 3 nitrogen and oxygen atoms in total. The van der Waals surface area contributed by atoms with Gasteiger partial charge in [0.25, 0.3) is 0 Å². The third kappa shape index (κ3) is 2.80. The molecule has 1 saturated heterocycles. The maximum Gasteiger partial charge on any atom is 0.234 e. The molecule has 0 spiro atoms. The summed E-state index contributed by atoms with van der Waals surface area (Å²) >= 11 is 0. The summed E-state index contributed by atoms with van der Waals surface area (Å²) in [6, 6.07) is 8.44. The number of hydrogen-bond acceptors (Lipinski definition) is 2. The van der Waals surface area contributed by atoms with Crippen LogP contribution < -0.4 is 5.32 Å². The molecule has 1 aromatic carbocycles. The lowest BCUT2D eigenvalue weighted by atomic mass is 10.1. The second-order valence-corrected chi connectivity index (χ2v) is 4.05. The highest BCUT2D eigenvalue weighted by Gasteiger charge is 2.15. The number of benzene rings is 1. The number of carbonyl (C=O) groups is 1. The number of carbonyl (C=O) groups excluding carboxylic acids is 1. The monoisotopic (exact) mass is 204 g/mol. The molecule has 0 atom stereocenters. The van der Waals surface area contributed by atoms with E-state index in [1.54, 1.807) is 0 Å². The van der Waals surface area contributed by atoms with Gasteiger partial charge in [-0.1, -0.05) is 29.8 Å². The van der Waals surface area contributed by atoms with Crippen molar-refractivity contribution in [3.8, 4) is 0 Å². The van der Waals surface area contributed by atoms with Gasteiger partial charge in [-0.15, -0.1) is 0 Å². The van der Waals surface area contributed by atoms with Crippen LogP contribution in [0.5, 0.6) is 0 Å². The highest BCUT2D eigenvalue weighted by Crippen LogP contribution is 2.08. The molecular weight excluding hydrogens is 188 g/mol. The average molecular weight is 204 g/mol. The number of aryl methyl sites for hydroxylation is 1. The third-order valence-corrected chi connectivity index (χ3v) is 2.61. The predicted molar refractivity (Wildman–Crippen MR) is 59.5 cm³/mol. The van der Waals surface area contributed by atoms with Gasteiger partial charge < -0.3 is 5.32 Å². The molecule has 1 N–H and O–H groups in total. The first-order chi connectivity index (χ1) is 7.24. The minimum atomic E-state index is 0.133. The Labute approximate surface area is 90.1 Å². The van der Waals surface area contributed by atoms with Crippen molar-refractivity contribution in [2.45, 2.75) is 13.5 Å². The molecule has 15 heavy (non-hydrogen) atoms. The largest absolute Gasteiger partial charge is 0.354 e. The van der Waals surface area contributed by atoms with Crippen LogP contribution in [-0.4, -0.2) is 30.4 Å². The van der Waals surface area contributed by atoms with Gasteiger partial charge in [0.15, 0.2) is 0 Å². The molecule has 3 heteroatoms. The van der Waals surface area contributed by atoms with Crippen molar-refractivity contribution >= 4 is 5.91 Å². The molecule has 80 valence electrons. The van der Waals surface area contributed by atoms with Crippen LogP contribution in [0, 0.1) is 6.92 Å². The maximum atomic E-state index is 11.2. The zero-order valence-electron chi connectivity index (χ0n) is 8.99. The van der Waals surface area contributed by atoms with Crippen LogP contribution in [0.4, 0.5) is 0 Å². The fourth-order valence-corrected chi connectivity index (χ4v) is 1.90. The van der Waals surface area contributed by atoms with E-state index in [0.717, 1.165) is 19.6 Å². The first kappa shape index (κ1) is 10.2. The zero-order valence-corrected chi connectivity index (χ0v) is 8.99. The fourth-order valence-electron chi connectivity index (χ4n) is 1.90. The molecule has 1 heterocycles. The van der Waals surface area contributed by atoms with Crippen LogP contribution >= 0.6 is 0 Å². The SMILES string of the molecule is Cc1cccc(CN2CCNC(=O)C2)c1. The number of hydrogen-bond donors (Lipinski definition) is 1. The summed E-state index contributed by atoms with van der Waals surface area (Å²) in [5, 5.41) is 2.83. The summed E-state index contributed by atoms with van der Waals surface area (Å²) in [6.07, 6.45) is 0. The molecule has 2 rings (SSSR count). The molecular formula is C12H16N2O. The smallest absolute Gasteiger partial charge is 0.234 e. The van der Waals surface area contributed by atoms with Crippen LogP contribution in [-0.2, 0) is 11.3 Å². The molecule has 0 bridgehead atoms. The normalized spacial score (nSPS) is 17.5. The van der Waals surface area contributed by atoms with E-state index in [9.17, 15) is 4.79 Å². The van der Waals surface area contributed by atoms with Gasteiger partial charge in [0.2, 0.25) is 5.91 Å². The van der Waals surface area contributed by atoms with Gasteiger partial charge in [0, 0.05) is 19.6 Å². The molecule has 0 unspecified atom stereocenters. The number of rotatable bonds is 2. The predicted octanol–water partition coefficient (Wildman–Crippen LogP) is 0.927. The molecule has 1 aliphatic heterocycles. The molecule has 1 amide bonds. The van der Waals surface area contributed by atoms with Crippen LogP contribution in [0.3, 0.4) is 0 Å². The Bertz CT molecular complexity index is 362. The molecule has 0 aromatic heterocycles. The summed E-state index contributed by atoms with van der Waals surface area (Å²) in [4.78, 5) is 13.4. The van der Waals surface area contributed by atoms with Crippen molar-refractivity contribution in [1.82, 2.24) is 10.2 Å². The van der Waals surface area contributed by atoms with Crippen LogP contribution in [0.1, 0.15) is 11.1 Å². The summed E-state index contributed by atoms with van der Waals surface area (Å²) < 4.78 is 0. The molecule has 1 fully saturated rings. The third-order valence-electron chi connectivity index (χ3n) is 2.61. The van der Waals surface area contributed by atoms with E-state index in [0.29, 0.717) is 6.54 Å². The Kier molecular flexibility index (Phi) is 3.02. The van der Waals surface area contributed by atoms with E-state index in [-0.39, 0.29) is 5.91 Å². The van der Waals surface area contributed by atoms with Crippen LogP contribution in [0.2, 0.25) is 0 Å². The lowest BCUT2D eigenvalue weighted by Gasteiger charge is -2.26. The van der Waals surface area contributed by atoms with Crippen molar-refractivity contribution in [3.05, 3.63) is 35.4 Å². The minimum Gasteiger partial charge on any atom is -0.354 e. The topological polar surface area (TPSA) is 32.3 Å². The van der Waals surface area contributed by atoms with Crippen molar-refractivity contribution in [1.29, 1.82) is 0 Å². The summed E-state index contributed by atoms with van der Waals surface area (Å²) in [6.45, 7) is 5.19. The van der Waals surface area contributed by atoms with Gasteiger partial charge in [0.05, 0.1) is 6.54 Å². The van der Waals surface area contributed by atoms with E-state index in [2.05, 4.69) is 41.4 Å². The Morgan fingerprint density at radius 3 is 3.07 bits per heavy atom. The van der Waals surface area contributed by atoms with Crippen molar-refractivity contribution in [2.24, 2.45) is 0 Å². The first-order valence-corrected chi connectivity index (χ1v) is 5.28. The Morgan fingerprint density at radius 2 is 2.33 bits per heavy atom. The summed E-state index contributed by atoms with van der Waals surface area (Å²) in [5.41, 5.74) is 2.55. The van der Waals surface area contributed by atoms with E-state index in [1.807, 2.05) is 0 Å². The van der Waals surface area contributed by atoms with Crippen molar-refractivity contribution < 1.29 is 4.79 Å². The second kappa shape index (κ2) is 4.45. The van der Waals surface area contributed by atoms with E-state index in [4.69, 9.17) is 0 Å². The number of amides is 1. The van der Waals surface area contributed by atoms with Crippen molar-refractivity contribution in [3.63, 3.8) is 0 Å². The van der Waals surface area contributed by atoms with Gasteiger partial charge in [-0.05, 0) is 12.5 Å². The second-order valence-electron chi connectivity index (χ2n) is 4.05. The molecule has 1 aliphatic rings. The van der Waals surface area contributed by atoms with Gasteiger partial charge in [-0.2, -0.15) is 0 Å². The van der Waals surface area contributed by atoms with E-state index >= 15 is 0 Å². The standard InChI is InChI=1S/C12H16N2O/c1-10-3-2-4-11(7-10)8-14-6-5-13-12(15)9-14/h2-4,7H,5-6,8-9H2,1H3,(H,13,15). The maximum absolute atomic E-state index is 11.2. The fraction of sp³-hybridized carbons (Fsp3) is 0.417. The zero-order chi connectivity index (χ0) is 10.7. The molecule has 0 radical (unpaired) electrons. The highest BCUT2D eigenvalue weighted by molar-refractivity contribution is 5.78. The van der Waals surface area contributed by atoms with Gasteiger partial charge in [-0.25, -0.2) is 0 Å².